The number of piperazine rings is 1. The van der Waals surface area contributed by atoms with Crippen LogP contribution >= 0.6 is 24.8 Å². The predicted octanol–water partition coefficient (Wildman–Crippen LogP) is 2.05. The minimum atomic E-state index is -0.210. The molecule has 0 bridgehead atoms. The van der Waals surface area contributed by atoms with Crippen LogP contribution in [0.4, 0.5) is 0 Å². The quantitative estimate of drug-likeness (QED) is 0.857. The van der Waals surface area contributed by atoms with Crippen molar-refractivity contribution in [1.82, 2.24) is 9.80 Å². The van der Waals surface area contributed by atoms with Gasteiger partial charge in [-0.05, 0) is 25.7 Å². The van der Waals surface area contributed by atoms with Gasteiger partial charge in [-0.2, -0.15) is 0 Å². The van der Waals surface area contributed by atoms with Crippen LogP contribution < -0.4 is 5.73 Å². The predicted molar refractivity (Wildman–Crippen MR) is 90.2 cm³/mol. The number of rotatable bonds is 3. The van der Waals surface area contributed by atoms with Gasteiger partial charge in [0, 0.05) is 38.8 Å². The summed E-state index contributed by atoms with van der Waals surface area (Å²) < 4.78 is 0. The zero-order valence-electron chi connectivity index (χ0n) is 12.8. The van der Waals surface area contributed by atoms with Crippen LogP contribution in [0.3, 0.4) is 0 Å². The van der Waals surface area contributed by atoms with Gasteiger partial charge in [-0.3, -0.25) is 9.69 Å². The van der Waals surface area contributed by atoms with E-state index in [1.54, 1.807) is 0 Å². The fourth-order valence-electron chi connectivity index (χ4n) is 3.93. The first-order valence-electron chi connectivity index (χ1n) is 7.99. The van der Waals surface area contributed by atoms with Crippen LogP contribution in [0.1, 0.15) is 44.9 Å². The first-order valence-corrected chi connectivity index (χ1v) is 7.99. The smallest absolute Gasteiger partial charge is 0.230 e. The minimum Gasteiger partial charge on any atom is -0.340 e. The van der Waals surface area contributed by atoms with E-state index in [1.807, 2.05) is 0 Å². The summed E-state index contributed by atoms with van der Waals surface area (Å²) in [4.78, 5) is 17.4. The first kappa shape index (κ1) is 19.0. The molecule has 0 aromatic heterocycles. The average Bonchev–Trinajstić information content (AvgIpc) is 2.87. The normalized spacial score (nSPS) is 25.7. The van der Waals surface area contributed by atoms with Gasteiger partial charge in [0.05, 0.1) is 5.41 Å². The monoisotopic (exact) mass is 337 g/mol. The molecule has 2 aliphatic carbocycles. The molecular weight excluding hydrogens is 309 g/mol. The van der Waals surface area contributed by atoms with Gasteiger partial charge in [-0.15, -0.1) is 24.8 Å². The Labute approximate surface area is 140 Å². The summed E-state index contributed by atoms with van der Waals surface area (Å²) in [5, 5.41) is 0. The van der Waals surface area contributed by atoms with Crippen molar-refractivity contribution in [1.29, 1.82) is 0 Å². The van der Waals surface area contributed by atoms with E-state index in [1.165, 1.54) is 32.1 Å². The standard InChI is InChI=1S/C15H27N3O.2ClH/c16-12-15(6-1-2-7-15)14(19)18-10-8-17(9-11-18)13-4-3-5-13;;/h13H,1-12,16H2;2*1H. The zero-order valence-corrected chi connectivity index (χ0v) is 14.4. The van der Waals surface area contributed by atoms with Gasteiger partial charge in [0.25, 0.3) is 0 Å². The van der Waals surface area contributed by atoms with E-state index < -0.39 is 0 Å². The van der Waals surface area contributed by atoms with E-state index in [9.17, 15) is 4.79 Å². The molecule has 0 unspecified atom stereocenters. The van der Waals surface area contributed by atoms with E-state index in [0.717, 1.165) is 45.1 Å². The third-order valence-corrected chi connectivity index (χ3v) is 5.60. The van der Waals surface area contributed by atoms with Gasteiger partial charge in [-0.25, -0.2) is 0 Å². The molecule has 2 N–H and O–H groups in total. The fraction of sp³-hybridized carbons (Fsp3) is 0.933. The molecular formula is C15H29Cl2N3O. The maximum absolute atomic E-state index is 12.7. The third kappa shape index (κ3) is 3.66. The Morgan fingerprint density at radius 2 is 1.57 bits per heavy atom. The van der Waals surface area contributed by atoms with E-state index in [0.29, 0.717) is 12.5 Å². The lowest BCUT2D eigenvalue weighted by molar-refractivity contribution is -0.143. The largest absolute Gasteiger partial charge is 0.340 e. The molecule has 3 aliphatic rings. The topological polar surface area (TPSA) is 49.6 Å². The number of carbonyl (C=O) groups is 1. The molecule has 21 heavy (non-hydrogen) atoms. The Bertz CT molecular complexity index is 336. The molecule has 0 radical (unpaired) electrons. The minimum absolute atomic E-state index is 0. The number of carbonyl (C=O) groups excluding carboxylic acids is 1. The van der Waals surface area contributed by atoms with E-state index >= 15 is 0 Å². The fourth-order valence-corrected chi connectivity index (χ4v) is 3.93. The van der Waals surface area contributed by atoms with Crippen molar-refractivity contribution in [3.63, 3.8) is 0 Å². The summed E-state index contributed by atoms with van der Waals surface area (Å²) in [5.41, 5.74) is 5.71. The maximum Gasteiger partial charge on any atom is 0.230 e. The van der Waals surface area contributed by atoms with Crippen LogP contribution in [-0.4, -0.2) is 54.5 Å². The Morgan fingerprint density at radius 3 is 2.00 bits per heavy atom. The van der Waals surface area contributed by atoms with Crippen molar-refractivity contribution in [2.75, 3.05) is 32.7 Å². The first-order chi connectivity index (χ1) is 9.25. The summed E-state index contributed by atoms with van der Waals surface area (Å²) in [7, 11) is 0. The Kier molecular flexibility index (Phi) is 7.25. The summed E-state index contributed by atoms with van der Waals surface area (Å²) in [6.45, 7) is 4.50. The lowest BCUT2D eigenvalue weighted by Gasteiger charge is -2.44. The second kappa shape index (κ2) is 8.00. The van der Waals surface area contributed by atoms with Gasteiger partial charge in [0.1, 0.15) is 0 Å². The van der Waals surface area contributed by atoms with Crippen LogP contribution in [0.5, 0.6) is 0 Å². The van der Waals surface area contributed by atoms with Crippen LogP contribution in [0.25, 0.3) is 0 Å². The highest BCUT2D eigenvalue weighted by Crippen LogP contribution is 2.39. The second-order valence-electron chi connectivity index (χ2n) is 6.60. The van der Waals surface area contributed by atoms with E-state index in [-0.39, 0.29) is 30.2 Å². The number of halogens is 2. The molecule has 1 saturated heterocycles. The molecule has 2 saturated carbocycles. The molecule has 0 spiro atoms. The summed E-state index contributed by atoms with van der Waals surface area (Å²) >= 11 is 0. The average molecular weight is 338 g/mol. The molecule has 6 heteroatoms. The van der Waals surface area contributed by atoms with Crippen LogP contribution in [0.15, 0.2) is 0 Å². The van der Waals surface area contributed by atoms with Gasteiger partial charge in [0.15, 0.2) is 0 Å². The van der Waals surface area contributed by atoms with Crippen molar-refractivity contribution in [3.05, 3.63) is 0 Å². The number of nitrogens with zero attached hydrogens (tertiary/aromatic N) is 2. The molecule has 1 heterocycles. The Morgan fingerprint density at radius 1 is 1.00 bits per heavy atom. The lowest BCUT2D eigenvalue weighted by atomic mass is 9.84. The molecule has 3 fully saturated rings. The molecule has 0 aromatic carbocycles. The summed E-state index contributed by atoms with van der Waals surface area (Å²) in [6.07, 6.45) is 8.47. The molecule has 3 rings (SSSR count). The maximum atomic E-state index is 12.7. The number of nitrogens with two attached hydrogens (primary N) is 1. The third-order valence-electron chi connectivity index (χ3n) is 5.60. The number of hydrogen-bond donors (Lipinski definition) is 1. The van der Waals surface area contributed by atoms with E-state index in [2.05, 4.69) is 9.80 Å². The molecule has 124 valence electrons. The molecule has 0 atom stereocenters. The summed E-state index contributed by atoms with van der Waals surface area (Å²) in [6, 6.07) is 0.812. The molecule has 0 aromatic rings. The van der Waals surface area contributed by atoms with Crippen molar-refractivity contribution >= 4 is 30.7 Å². The second-order valence-corrected chi connectivity index (χ2v) is 6.60. The molecule has 4 nitrogen and oxygen atoms in total. The molecule has 1 aliphatic heterocycles. The van der Waals surface area contributed by atoms with Crippen LogP contribution in [-0.2, 0) is 4.79 Å². The van der Waals surface area contributed by atoms with Gasteiger partial charge >= 0.3 is 0 Å². The van der Waals surface area contributed by atoms with Crippen molar-refractivity contribution < 1.29 is 4.79 Å². The van der Waals surface area contributed by atoms with E-state index in [4.69, 9.17) is 5.73 Å². The van der Waals surface area contributed by atoms with Gasteiger partial charge < -0.3 is 10.6 Å². The lowest BCUT2D eigenvalue weighted by Crippen LogP contribution is -2.57. The highest BCUT2D eigenvalue weighted by Gasteiger charge is 2.43. The summed E-state index contributed by atoms with van der Waals surface area (Å²) in [5.74, 6) is 0.348. The van der Waals surface area contributed by atoms with Gasteiger partial charge in [-0.1, -0.05) is 19.3 Å². The highest BCUT2D eigenvalue weighted by molar-refractivity contribution is 5.85. The SMILES string of the molecule is Cl.Cl.NCC1(C(=O)N2CCN(C3CCC3)CC2)CCCC1. The number of amides is 1. The number of hydrogen-bond acceptors (Lipinski definition) is 3. The van der Waals surface area contributed by atoms with Crippen molar-refractivity contribution in [2.24, 2.45) is 11.1 Å². The van der Waals surface area contributed by atoms with Crippen molar-refractivity contribution in [2.45, 2.75) is 51.0 Å². The zero-order chi connectivity index (χ0) is 13.3. The van der Waals surface area contributed by atoms with Crippen LogP contribution in [0, 0.1) is 5.41 Å². The van der Waals surface area contributed by atoms with Gasteiger partial charge in [0.2, 0.25) is 5.91 Å². The Hall–Kier alpha value is -0.0300. The van der Waals surface area contributed by atoms with Crippen molar-refractivity contribution in [3.8, 4) is 0 Å². The molecule has 1 amide bonds. The Balaban J connectivity index is 0.00000110. The van der Waals surface area contributed by atoms with Crippen LogP contribution in [0.2, 0.25) is 0 Å². The highest BCUT2D eigenvalue weighted by atomic mass is 35.5.